The van der Waals surface area contributed by atoms with Crippen LogP contribution in [0.3, 0.4) is 0 Å². The Hall–Kier alpha value is -2.35. The highest BCUT2D eigenvalue weighted by Crippen LogP contribution is 2.05. The van der Waals surface area contributed by atoms with Gasteiger partial charge in [0, 0.05) is 6.07 Å². The predicted molar refractivity (Wildman–Crippen MR) is 75.1 cm³/mol. The molecule has 1 amide bonds. The van der Waals surface area contributed by atoms with E-state index >= 15 is 0 Å². The number of aromatic amines is 1. The molecule has 0 aliphatic rings. The maximum absolute atomic E-state index is 11.8. The minimum atomic E-state index is -0.564. The van der Waals surface area contributed by atoms with Crippen LogP contribution in [0.1, 0.15) is 22.0 Å². The lowest BCUT2D eigenvalue weighted by molar-refractivity contribution is 0.0949. The monoisotopic (exact) mass is 292 g/mol. The van der Waals surface area contributed by atoms with Gasteiger partial charge in [0.1, 0.15) is 17.2 Å². The minimum Gasteiger partial charge on any atom is -0.460 e. The van der Waals surface area contributed by atoms with E-state index in [0.717, 1.165) is 11.8 Å². The molecule has 2 aromatic rings. The van der Waals surface area contributed by atoms with Crippen LogP contribution < -0.4 is 11.0 Å². The standard InChI is InChI=1S/C12H12N4O3S/c1-7-3-4-8(19-7)6-13-16-11(18)9-5-10(17)15-12(14-9)20-2/h3-6H,1-2H3,(H,16,18)(H,14,15,17). The number of hydrogen-bond donors (Lipinski definition) is 2. The number of hydrogen-bond acceptors (Lipinski definition) is 6. The highest BCUT2D eigenvalue weighted by molar-refractivity contribution is 7.98. The minimum absolute atomic E-state index is 0.00544. The number of nitrogens with one attached hydrogen (secondary N) is 2. The molecule has 20 heavy (non-hydrogen) atoms. The van der Waals surface area contributed by atoms with Crippen molar-refractivity contribution in [3.63, 3.8) is 0 Å². The van der Waals surface area contributed by atoms with Crippen LogP contribution in [0, 0.1) is 6.92 Å². The van der Waals surface area contributed by atoms with Crippen LogP contribution >= 0.6 is 11.8 Å². The fourth-order valence-electron chi connectivity index (χ4n) is 1.38. The Morgan fingerprint density at radius 3 is 3.00 bits per heavy atom. The number of aryl methyl sites for hydroxylation is 1. The Labute approximate surface area is 118 Å². The topological polar surface area (TPSA) is 100 Å². The third-order valence-corrected chi connectivity index (χ3v) is 2.85. The van der Waals surface area contributed by atoms with E-state index in [-0.39, 0.29) is 11.3 Å². The van der Waals surface area contributed by atoms with Gasteiger partial charge in [0.05, 0.1) is 6.21 Å². The first-order valence-electron chi connectivity index (χ1n) is 5.63. The van der Waals surface area contributed by atoms with Crippen LogP contribution in [0.2, 0.25) is 0 Å². The summed E-state index contributed by atoms with van der Waals surface area (Å²) >= 11 is 1.24. The summed E-state index contributed by atoms with van der Waals surface area (Å²) in [4.78, 5) is 29.6. The third kappa shape index (κ3) is 3.58. The number of hydrazone groups is 1. The zero-order valence-electron chi connectivity index (χ0n) is 10.8. The molecule has 0 atom stereocenters. The van der Waals surface area contributed by atoms with Gasteiger partial charge in [-0.25, -0.2) is 10.4 Å². The van der Waals surface area contributed by atoms with Crippen molar-refractivity contribution >= 4 is 23.9 Å². The molecule has 0 bridgehead atoms. The molecule has 0 aliphatic heterocycles. The van der Waals surface area contributed by atoms with Gasteiger partial charge in [-0.2, -0.15) is 5.10 Å². The first kappa shape index (κ1) is 14.1. The highest BCUT2D eigenvalue weighted by atomic mass is 32.2. The van der Waals surface area contributed by atoms with Gasteiger partial charge >= 0.3 is 0 Å². The number of H-pyrrole nitrogens is 1. The third-order valence-electron chi connectivity index (χ3n) is 2.26. The Morgan fingerprint density at radius 1 is 1.55 bits per heavy atom. The van der Waals surface area contributed by atoms with Crippen molar-refractivity contribution in [2.45, 2.75) is 12.1 Å². The van der Waals surface area contributed by atoms with Crippen LogP contribution in [-0.2, 0) is 0 Å². The van der Waals surface area contributed by atoms with Gasteiger partial charge in [-0.15, -0.1) is 0 Å². The average molecular weight is 292 g/mol. The fourth-order valence-corrected chi connectivity index (χ4v) is 1.78. The summed E-state index contributed by atoms with van der Waals surface area (Å²) in [7, 11) is 0. The molecule has 104 valence electrons. The van der Waals surface area contributed by atoms with E-state index in [2.05, 4.69) is 20.5 Å². The molecule has 0 aliphatic carbocycles. The quantitative estimate of drug-likeness (QED) is 0.381. The molecule has 2 N–H and O–H groups in total. The van der Waals surface area contributed by atoms with Gasteiger partial charge in [-0.1, -0.05) is 11.8 Å². The SMILES string of the molecule is CSc1nc(C(=O)NN=Cc2ccc(C)o2)cc(=O)[nH]1. The van der Waals surface area contributed by atoms with Crippen LogP contribution in [-0.4, -0.2) is 28.3 Å². The van der Waals surface area contributed by atoms with Crippen LogP contribution in [0.4, 0.5) is 0 Å². The van der Waals surface area contributed by atoms with Crippen LogP contribution in [0.15, 0.2) is 37.7 Å². The van der Waals surface area contributed by atoms with Gasteiger partial charge in [0.25, 0.3) is 11.5 Å². The van der Waals surface area contributed by atoms with Crippen molar-refractivity contribution in [3.8, 4) is 0 Å². The van der Waals surface area contributed by atoms with Crippen LogP contribution in [0.25, 0.3) is 0 Å². The summed E-state index contributed by atoms with van der Waals surface area (Å²) in [5, 5.41) is 4.11. The molecule has 7 nitrogen and oxygen atoms in total. The smallest absolute Gasteiger partial charge is 0.290 e. The molecule has 0 fully saturated rings. The van der Waals surface area contributed by atoms with Crippen molar-refractivity contribution in [2.24, 2.45) is 5.10 Å². The van der Waals surface area contributed by atoms with E-state index in [1.807, 2.05) is 0 Å². The van der Waals surface area contributed by atoms with Gasteiger partial charge in [-0.3, -0.25) is 9.59 Å². The normalized spacial score (nSPS) is 10.9. The second-order valence-corrected chi connectivity index (χ2v) is 4.58. The highest BCUT2D eigenvalue weighted by Gasteiger charge is 2.09. The van der Waals surface area contributed by atoms with E-state index < -0.39 is 5.91 Å². The Kier molecular flexibility index (Phi) is 4.36. The first-order chi connectivity index (χ1) is 9.58. The van der Waals surface area contributed by atoms with E-state index in [1.54, 1.807) is 25.3 Å². The molecule has 0 saturated carbocycles. The van der Waals surface area contributed by atoms with E-state index in [1.165, 1.54) is 18.0 Å². The van der Waals surface area contributed by atoms with Crippen molar-refractivity contribution in [3.05, 3.63) is 45.8 Å². The summed E-state index contributed by atoms with van der Waals surface area (Å²) in [5.74, 6) is 0.705. The Bertz CT molecular complexity index is 705. The fraction of sp³-hybridized carbons (Fsp3) is 0.167. The molecule has 2 rings (SSSR count). The number of amides is 1. The van der Waals surface area contributed by atoms with Crippen molar-refractivity contribution in [1.82, 2.24) is 15.4 Å². The second-order valence-electron chi connectivity index (χ2n) is 3.79. The van der Waals surface area contributed by atoms with Crippen molar-refractivity contribution < 1.29 is 9.21 Å². The van der Waals surface area contributed by atoms with Gasteiger partial charge < -0.3 is 9.40 Å². The van der Waals surface area contributed by atoms with Crippen LogP contribution in [0.5, 0.6) is 0 Å². The molecule has 0 unspecified atom stereocenters. The van der Waals surface area contributed by atoms with Crippen molar-refractivity contribution in [2.75, 3.05) is 6.26 Å². The summed E-state index contributed by atoms with van der Waals surface area (Å²) < 4.78 is 5.25. The molecule has 8 heteroatoms. The number of furan rings is 1. The van der Waals surface area contributed by atoms with E-state index in [9.17, 15) is 9.59 Å². The number of nitrogens with zero attached hydrogens (tertiary/aromatic N) is 2. The predicted octanol–water partition coefficient (Wildman–Crippen LogP) is 1.16. The van der Waals surface area contributed by atoms with Gasteiger partial charge in [0.15, 0.2) is 5.16 Å². The number of rotatable bonds is 4. The lowest BCUT2D eigenvalue weighted by Gasteiger charge is -2.00. The van der Waals surface area contributed by atoms with Gasteiger partial charge in [0.2, 0.25) is 0 Å². The average Bonchev–Trinajstić information content (AvgIpc) is 2.83. The summed E-state index contributed by atoms with van der Waals surface area (Å²) in [6.45, 7) is 1.81. The molecule has 0 radical (unpaired) electrons. The summed E-state index contributed by atoms with van der Waals surface area (Å²) in [6.07, 6.45) is 3.12. The summed E-state index contributed by atoms with van der Waals surface area (Å²) in [5.41, 5.74) is 1.90. The van der Waals surface area contributed by atoms with Crippen molar-refractivity contribution in [1.29, 1.82) is 0 Å². The molecular weight excluding hydrogens is 280 g/mol. The zero-order valence-corrected chi connectivity index (χ0v) is 11.7. The molecule has 0 saturated heterocycles. The maximum Gasteiger partial charge on any atom is 0.290 e. The maximum atomic E-state index is 11.8. The molecule has 0 aromatic carbocycles. The molecular formula is C12H12N4O3S. The van der Waals surface area contributed by atoms with E-state index in [0.29, 0.717) is 10.9 Å². The second kappa shape index (κ2) is 6.20. The molecule has 2 aromatic heterocycles. The Morgan fingerprint density at radius 2 is 2.35 bits per heavy atom. The lowest BCUT2D eigenvalue weighted by atomic mass is 10.4. The van der Waals surface area contributed by atoms with E-state index in [4.69, 9.17) is 4.42 Å². The number of aromatic nitrogens is 2. The Balaban J connectivity index is 2.07. The number of carbonyl (C=O) groups is 1. The molecule has 2 heterocycles. The van der Waals surface area contributed by atoms with Gasteiger partial charge in [-0.05, 0) is 25.3 Å². The number of thioether (sulfide) groups is 1. The summed E-state index contributed by atoms with van der Waals surface area (Å²) in [6, 6.07) is 4.62. The largest absolute Gasteiger partial charge is 0.460 e. The first-order valence-corrected chi connectivity index (χ1v) is 6.86. The molecule has 0 spiro atoms. The number of carbonyl (C=O) groups excluding carboxylic acids is 1. The zero-order chi connectivity index (χ0) is 14.5. The lowest BCUT2D eigenvalue weighted by Crippen LogP contribution is -2.22.